The molecular weight excluding hydrogens is 294 g/mol. The van der Waals surface area contributed by atoms with E-state index in [0.29, 0.717) is 17.7 Å². The molecule has 1 aliphatic heterocycles. The predicted octanol–water partition coefficient (Wildman–Crippen LogP) is 5.45. The topological polar surface area (TPSA) is 20.3 Å². The van der Waals surface area contributed by atoms with Gasteiger partial charge in [0.05, 0.1) is 6.54 Å². The second-order valence-corrected chi connectivity index (χ2v) is 9.11. The maximum absolute atomic E-state index is 12.8. The summed E-state index contributed by atoms with van der Waals surface area (Å²) in [5.41, 5.74) is 0. The number of ketones is 1. The van der Waals surface area contributed by atoms with Crippen LogP contribution in [0.25, 0.3) is 0 Å². The molecule has 0 N–H and O–H groups in total. The number of hydrogen-bond donors (Lipinski definition) is 0. The van der Waals surface area contributed by atoms with E-state index in [4.69, 9.17) is 0 Å². The molecule has 24 heavy (non-hydrogen) atoms. The minimum absolute atomic E-state index is 0.374. The van der Waals surface area contributed by atoms with Crippen LogP contribution in [-0.2, 0) is 4.79 Å². The number of carbonyl (C=O) groups is 1. The Kier molecular flexibility index (Phi) is 6.78. The van der Waals surface area contributed by atoms with Gasteiger partial charge in [0.25, 0.3) is 0 Å². The minimum Gasteiger partial charge on any atom is -0.298 e. The van der Waals surface area contributed by atoms with Crippen molar-refractivity contribution in [2.75, 3.05) is 13.1 Å². The molecule has 0 aromatic rings. The van der Waals surface area contributed by atoms with E-state index in [2.05, 4.69) is 18.7 Å². The normalized spacial score (nSPS) is 36.6. The van der Waals surface area contributed by atoms with Crippen LogP contribution in [0.15, 0.2) is 0 Å². The number of Topliss-reactive ketones (excluding diaryl/α,β-unsaturated/α-hetero) is 1. The summed E-state index contributed by atoms with van der Waals surface area (Å²) in [6.45, 7) is 6.50. The van der Waals surface area contributed by atoms with Crippen LogP contribution in [0.2, 0.25) is 0 Å². The van der Waals surface area contributed by atoms with Crippen molar-refractivity contribution in [3.05, 3.63) is 0 Å². The van der Waals surface area contributed by atoms with Gasteiger partial charge in [0.1, 0.15) is 5.78 Å². The van der Waals surface area contributed by atoms with E-state index in [1.165, 1.54) is 77.0 Å². The lowest BCUT2D eigenvalue weighted by atomic mass is 9.70. The van der Waals surface area contributed by atoms with Crippen molar-refractivity contribution in [3.63, 3.8) is 0 Å². The van der Waals surface area contributed by atoms with E-state index in [0.717, 1.165) is 30.8 Å². The summed E-state index contributed by atoms with van der Waals surface area (Å²) in [5, 5.41) is 0. The molecule has 0 radical (unpaired) electrons. The Morgan fingerprint density at radius 2 is 1.54 bits per heavy atom. The van der Waals surface area contributed by atoms with Gasteiger partial charge < -0.3 is 0 Å². The zero-order chi connectivity index (χ0) is 16.9. The maximum Gasteiger partial charge on any atom is 0.149 e. The summed E-state index contributed by atoms with van der Waals surface area (Å²) in [5.74, 6) is 3.67. The fourth-order valence-electron chi connectivity index (χ4n) is 5.66. The lowest BCUT2D eigenvalue weighted by Crippen LogP contribution is -2.45. The quantitative estimate of drug-likeness (QED) is 0.666. The van der Waals surface area contributed by atoms with Gasteiger partial charge in [-0.15, -0.1) is 0 Å². The SMILES string of the molecule is CCC1CCC(C)N(CC(=O)C2CCC(C3CCCCC3)CC2)C1. The van der Waals surface area contributed by atoms with Crippen LogP contribution in [0.1, 0.15) is 90.9 Å². The molecule has 2 atom stereocenters. The zero-order valence-corrected chi connectivity index (χ0v) is 16.1. The van der Waals surface area contributed by atoms with E-state index in [1.807, 2.05) is 0 Å². The number of nitrogens with zero attached hydrogens (tertiary/aromatic N) is 1. The van der Waals surface area contributed by atoms with Crippen molar-refractivity contribution in [1.29, 1.82) is 0 Å². The molecule has 2 unspecified atom stereocenters. The van der Waals surface area contributed by atoms with Crippen LogP contribution in [0.3, 0.4) is 0 Å². The fourth-order valence-corrected chi connectivity index (χ4v) is 5.66. The lowest BCUT2D eigenvalue weighted by molar-refractivity contribution is -0.126. The molecule has 2 aliphatic carbocycles. The van der Waals surface area contributed by atoms with Gasteiger partial charge >= 0.3 is 0 Å². The van der Waals surface area contributed by atoms with Crippen molar-refractivity contribution in [2.45, 2.75) is 96.9 Å². The Morgan fingerprint density at radius 1 is 0.875 bits per heavy atom. The molecule has 0 bridgehead atoms. The van der Waals surface area contributed by atoms with Gasteiger partial charge in [0.2, 0.25) is 0 Å². The largest absolute Gasteiger partial charge is 0.298 e. The molecule has 2 saturated carbocycles. The van der Waals surface area contributed by atoms with Crippen molar-refractivity contribution in [1.82, 2.24) is 4.90 Å². The van der Waals surface area contributed by atoms with Crippen LogP contribution < -0.4 is 0 Å². The van der Waals surface area contributed by atoms with Gasteiger partial charge in [-0.3, -0.25) is 9.69 Å². The van der Waals surface area contributed by atoms with Crippen molar-refractivity contribution in [3.8, 4) is 0 Å². The molecule has 0 amide bonds. The summed E-state index contributed by atoms with van der Waals surface area (Å²) in [4.78, 5) is 15.3. The Hall–Kier alpha value is -0.370. The van der Waals surface area contributed by atoms with Crippen LogP contribution in [-0.4, -0.2) is 29.8 Å². The van der Waals surface area contributed by atoms with Crippen LogP contribution in [0.4, 0.5) is 0 Å². The summed E-state index contributed by atoms with van der Waals surface area (Å²) < 4.78 is 0. The molecule has 138 valence electrons. The van der Waals surface area contributed by atoms with E-state index in [9.17, 15) is 4.79 Å². The summed E-state index contributed by atoms with van der Waals surface area (Å²) in [6, 6.07) is 0.607. The summed E-state index contributed by atoms with van der Waals surface area (Å²) in [7, 11) is 0. The molecule has 3 aliphatic rings. The van der Waals surface area contributed by atoms with Gasteiger partial charge in [-0.25, -0.2) is 0 Å². The lowest BCUT2D eigenvalue weighted by Gasteiger charge is -2.39. The molecule has 2 nitrogen and oxygen atoms in total. The van der Waals surface area contributed by atoms with Gasteiger partial charge in [-0.1, -0.05) is 45.4 Å². The Bertz CT molecular complexity index is 393. The van der Waals surface area contributed by atoms with Gasteiger partial charge in [-0.05, 0) is 63.2 Å². The Morgan fingerprint density at radius 3 is 2.21 bits per heavy atom. The number of piperidine rings is 1. The molecule has 0 aromatic heterocycles. The first kappa shape index (κ1) is 18.4. The number of hydrogen-bond acceptors (Lipinski definition) is 2. The van der Waals surface area contributed by atoms with E-state index >= 15 is 0 Å². The average Bonchev–Trinajstić information content (AvgIpc) is 2.64. The molecule has 1 heterocycles. The van der Waals surface area contributed by atoms with Crippen LogP contribution >= 0.6 is 0 Å². The highest BCUT2D eigenvalue weighted by molar-refractivity contribution is 5.83. The third-order valence-corrected chi connectivity index (χ3v) is 7.59. The first-order valence-electron chi connectivity index (χ1n) is 10.9. The predicted molar refractivity (Wildman–Crippen MR) is 101 cm³/mol. The van der Waals surface area contributed by atoms with Crippen molar-refractivity contribution >= 4 is 5.78 Å². The molecular formula is C22H39NO. The van der Waals surface area contributed by atoms with E-state index in [-0.39, 0.29) is 0 Å². The number of likely N-dealkylation sites (tertiary alicyclic amines) is 1. The number of carbonyl (C=O) groups excluding carboxylic acids is 1. The van der Waals surface area contributed by atoms with Crippen LogP contribution in [0.5, 0.6) is 0 Å². The molecule has 3 rings (SSSR count). The smallest absolute Gasteiger partial charge is 0.149 e. The van der Waals surface area contributed by atoms with Gasteiger partial charge in [-0.2, -0.15) is 0 Å². The van der Waals surface area contributed by atoms with Gasteiger partial charge in [0.15, 0.2) is 0 Å². The zero-order valence-electron chi connectivity index (χ0n) is 16.1. The summed E-state index contributed by atoms with van der Waals surface area (Å²) in [6.07, 6.45) is 16.2. The molecule has 1 saturated heterocycles. The monoisotopic (exact) mass is 333 g/mol. The first-order chi connectivity index (χ1) is 11.7. The second-order valence-electron chi connectivity index (χ2n) is 9.11. The minimum atomic E-state index is 0.374. The third-order valence-electron chi connectivity index (χ3n) is 7.59. The molecule has 0 spiro atoms. The standard InChI is InChI=1S/C22H39NO/c1-3-18-10-9-17(2)23(15-18)16-22(24)21-13-11-20(12-14-21)19-7-5-4-6-8-19/h17-21H,3-16H2,1-2H3. The molecule has 3 fully saturated rings. The third kappa shape index (κ3) is 4.62. The molecule has 2 heteroatoms. The second kappa shape index (κ2) is 8.83. The van der Waals surface area contributed by atoms with Crippen LogP contribution in [0, 0.1) is 23.7 Å². The molecule has 0 aromatic carbocycles. The highest BCUT2D eigenvalue weighted by atomic mass is 16.1. The van der Waals surface area contributed by atoms with Crippen molar-refractivity contribution < 1.29 is 4.79 Å². The van der Waals surface area contributed by atoms with Crippen molar-refractivity contribution in [2.24, 2.45) is 23.7 Å². The highest BCUT2D eigenvalue weighted by Crippen LogP contribution is 2.40. The van der Waals surface area contributed by atoms with E-state index < -0.39 is 0 Å². The average molecular weight is 334 g/mol. The highest BCUT2D eigenvalue weighted by Gasteiger charge is 2.33. The summed E-state index contributed by atoms with van der Waals surface area (Å²) >= 11 is 0. The maximum atomic E-state index is 12.8. The fraction of sp³-hybridized carbons (Fsp3) is 0.955. The van der Waals surface area contributed by atoms with Gasteiger partial charge in [0, 0.05) is 18.5 Å². The number of rotatable bonds is 5. The Balaban J connectivity index is 1.44. The van der Waals surface area contributed by atoms with E-state index in [1.54, 1.807) is 0 Å². The first-order valence-corrected chi connectivity index (χ1v) is 10.9. The Labute approximate surface area is 149 Å².